The molecule has 0 unspecified atom stereocenters. The number of rotatable bonds is 9. The predicted octanol–water partition coefficient (Wildman–Crippen LogP) is 3.00. The summed E-state index contributed by atoms with van der Waals surface area (Å²) in [5.41, 5.74) is 5.88. The lowest BCUT2D eigenvalue weighted by molar-refractivity contribution is 0.0980. The van der Waals surface area contributed by atoms with Gasteiger partial charge >= 0.3 is 0 Å². The highest BCUT2D eigenvalue weighted by Gasteiger charge is 2.28. The molecule has 0 fully saturated rings. The van der Waals surface area contributed by atoms with E-state index in [0.29, 0.717) is 52.3 Å². The third-order valence-corrected chi connectivity index (χ3v) is 8.07. The second-order valence-electron chi connectivity index (χ2n) is 10.7. The third-order valence-electron chi connectivity index (χ3n) is 7.41. The Bertz CT molecular complexity index is 1850. The number of aromatic nitrogens is 2. The van der Waals surface area contributed by atoms with Crippen molar-refractivity contribution in [3.63, 3.8) is 0 Å². The van der Waals surface area contributed by atoms with Crippen LogP contribution in [0.1, 0.15) is 27.0 Å². The molecule has 0 aliphatic carbocycles. The van der Waals surface area contributed by atoms with Gasteiger partial charge in [-0.15, -0.1) is 0 Å². The summed E-state index contributed by atoms with van der Waals surface area (Å²) in [7, 11) is 2.23. The van der Waals surface area contributed by atoms with Crippen LogP contribution in [-0.4, -0.2) is 55.9 Å². The van der Waals surface area contributed by atoms with E-state index in [-0.39, 0.29) is 30.3 Å². The number of sulfonamides is 1. The first kappa shape index (κ1) is 30.0. The Balaban J connectivity index is 1.46. The van der Waals surface area contributed by atoms with Gasteiger partial charge in [-0.3, -0.25) is 9.59 Å². The quantitative estimate of drug-likeness (QED) is 0.266. The Morgan fingerprint density at radius 1 is 1.05 bits per heavy atom. The molecule has 3 heterocycles. The zero-order valence-corrected chi connectivity index (χ0v) is 25.3. The maximum absolute atomic E-state index is 13.6. The molecule has 0 radical (unpaired) electrons. The molecule has 2 aromatic heterocycles. The van der Waals surface area contributed by atoms with E-state index in [0.717, 1.165) is 17.5 Å². The Labute approximate surface area is 250 Å². The van der Waals surface area contributed by atoms with Crippen molar-refractivity contribution in [1.82, 2.24) is 14.3 Å². The largest absolute Gasteiger partial charge is 0.392 e. The van der Waals surface area contributed by atoms with Crippen LogP contribution in [0.5, 0.6) is 0 Å². The molecule has 1 aliphatic heterocycles. The van der Waals surface area contributed by atoms with E-state index < -0.39 is 10.0 Å². The SMILES string of the molecule is CN(C)c1ccc2c(c1)CCN(c1cccc(-c3cc(Nc4ccc(CNS(C)(=O)=O)cn4)c(=O)n(C)c3)c1CO)C2=O. The number of fused-ring (bicyclic) bond motifs is 1. The highest BCUT2D eigenvalue weighted by molar-refractivity contribution is 7.88. The summed E-state index contributed by atoms with van der Waals surface area (Å²) in [4.78, 5) is 34.7. The zero-order valence-electron chi connectivity index (χ0n) is 24.5. The molecule has 11 nitrogen and oxygen atoms in total. The second-order valence-corrected chi connectivity index (χ2v) is 12.6. The molecule has 2 aromatic carbocycles. The van der Waals surface area contributed by atoms with Crippen LogP contribution in [-0.2, 0) is 36.6 Å². The fourth-order valence-electron chi connectivity index (χ4n) is 5.15. The van der Waals surface area contributed by atoms with Crippen molar-refractivity contribution in [3.05, 3.63) is 99.6 Å². The number of hydrogen-bond donors (Lipinski definition) is 3. The van der Waals surface area contributed by atoms with E-state index in [1.165, 1.54) is 10.8 Å². The summed E-state index contributed by atoms with van der Waals surface area (Å²) >= 11 is 0. The summed E-state index contributed by atoms with van der Waals surface area (Å²) in [5, 5.41) is 13.6. The van der Waals surface area contributed by atoms with Crippen LogP contribution in [0.2, 0.25) is 0 Å². The van der Waals surface area contributed by atoms with Crippen LogP contribution in [0.25, 0.3) is 11.1 Å². The first-order valence-electron chi connectivity index (χ1n) is 13.7. The van der Waals surface area contributed by atoms with Gasteiger partial charge in [0.05, 0.1) is 18.6 Å². The molecule has 0 atom stereocenters. The summed E-state index contributed by atoms with van der Waals surface area (Å²) in [5.74, 6) is 0.283. The Hall–Kier alpha value is -4.52. The van der Waals surface area contributed by atoms with Gasteiger partial charge in [0.25, 0.3) is 11.5 Å². The summed E-state index contributed by atoms with van der Waals surface area (Å²) in [6, 6.07) is 16.4. The van der Waals surface area contributed by atoms with Crippen molar-refractivity contribution in [2.45, 2.75) is 19.6 Å². The van der Waals surface area contributed by atoms with Crippen LogP contribution < -0.4 is 25.4 Å². The minimum Gasteiger partial charge on any atom is -0.392 e. The normalized spacial score (nSPS) is 13.1. The number of amides is 1. The van der Waals surface area contributed by atoms with E-state index in [1.807, 2.05) is 55.4 Å². The molecular weight excluding hydrogens is 568 g/mol. The fraction of sp³-hybridized carbons (Fsp3) is 0.258. The molecule has 0 saturated heterocycles. The number of aliphatic hydroxyl groups excluding tert-OH is 1. The molecular formula is C31H34N6O5S. The number of pyridine rings is 2. The molecule has 0 saturated carbocycles. The average molecular weight is 603 g/mol. The van der Waals surface area contributed by atoms with E-state index in [9.17, 15) is 23.1 Å². The minimum atomic E-state index is -3.34. The molecule has 0 spiro atoms. The highest BCUT2D eigenvalue weighted by Crippen LogP contribution is 2.35. The van der Waals surface area contributed by atoms with Crippen LogP contribution in [0, 0.1) is 0 Å². The summed E-state index contributed by atoms with van der Waals surface area (Å²) in [6.07, 6.45) is 4.98. The lowest BCUT2D eigenvalue weighted by Gasteiger charge is -2.31. The maximum Gasteiger partial charge on any atom is 0.274 e. The number of hydrogen-bond acceptors (Lipinski definition) is 8. The van der Waals surface area contributed by atoms with Gasteiger partial charge in [0, 0.05) is 69.0 Å². The van der Waals surface area contributed by atoms with Crippen molar-refractivity contribution in [2.75, 3.05) is 42.0 Å². The van der Waals surface area contributed by atoms with Gasteiger partial charge in [0.15, 0.2) is 0 Å². The van der Waals surface area contributed by atoms with Crippen molar-refractivity contribution >= 4 is 38.8 Å². The topological polar surface area (TPSA) is 137 Å². The van der Waals surface area contributed by atoms with Crippen LogP contribution in [0.3, 0.4) is 0 Å². The van der Waals surface area contributed by atoms with Gasteiger partial charge in [-0.25, -0.2) is 18.1 Å². The van der Waals surface area contributed by atoms with Gasteiger partial charge in [0.2, 0.25) is 10.0 Å². The number of aryl methyl sites for hydroxylation is 1. The molecule has 3 N–H and O–H groups in total. The highest BCUT2D eigenvalue weighted by atomic mass is 32.2. The van der Waals surface area contributed by atoms with E-state index in [1.54, 1.807) is 36.3 Å². The molecule has 4 aromatic rings. The molecule has 43 heavy (non-hydrogen) atoms. The van der Waals surface area contributed by atoms with Gasteiger partial charge < -0.3 is 24.8 Å². The van der Waals surface area contributed by atoms with Gasteiger partial charge in [-0.05, 0) is 59.5 Å². The first-order valence-corrected chi connectivity index (χ1v) is 15.6. The number of carbonyl (C=O) groups is 1. The van der Waals surface area contributed by atoms with E-state index in [2.05, 4.69) is 15.0 Å². The second kappa shape index (κ2) is 12.0. The Morgan fingerprint density at radius 3 is 2.51 bits per heavy atom. The fourth-order valence-corrected chi connectivity index (χ4v) is 5.58. The van der Waals surface area contributed by atoms with Crippen molar-refractivity contribution < 1.29 is 18.3 Å². The molecule has 1 amide bonds. The summed E-state index contributed by atoms with van der Waals surface area (Å²) in [6.45, 7) is 0.268. The van der Waals surface area contributed by atoms with E-state index in [4.69, 9.17) is 0 Å². The standard InChI is InChI=1S/C31H34N6O5S/c1-35(2)23-9-10-25-21(14-23)12-13-37(30(25)39)28-7-5-6-24(26(28)19-38)22-15-27(31(40)36(3)18-22)34-29-11-8-20(16-32-29)17-33-43(4,41)42/h5-11,14-16,18,33,38H,12-13,17,19H2,1-4H3,(H,32,34). The van der Waals surface area contributed by atoms with Crippen LogP contribution in [0.15, 0.2) is 71.8 Å². The lowest BCUT2D eigenvalue weighted by atomic mass is 9.94. The lowest BCUT2D eigenvalue weighted by Crippen LogP contribution is -2.38. The van der Waals surface area contributed by atoms with Crippen LogP contribution >= 0.6 is 0 Å². The van der Waals surface area contributed by atoms with Crippen molar-refractivity contribution in [1.29, 1.82) is 0 Å². The monoisotopic (exact) mass is 602 g/mol. The number of aliphatic hydroxyl groups is 1. The molecule has 1 aliphatic rings. The van der Waals surface area contributed by atoms with Gasteiger partial charge in [0.1, 0.15) is 11.5 Å². The van der Waals surface area contributed by atoms with Crippen molar-refractivity contribution in [2.24, 2.45) is 7.05 Å². The Morgan fingerprint density at radius 2 is 1.84 bits per heavy atom. The van der Waals surface area contributed by atoms with Crippen LogP contribution in [0.4, 0.5) is 22.9 Å². The van der Waals surface area contributed by atoms with Gasteiger partial charge in [-0.2, -0.15) is 0 Å². The molecule has 12 heteroatoms. The maximum atomic E-state index is 13.6. The smallest absolute Gasteiger partial charge is 0.274 e. The van der Waals surface area contributed by atoms with Gasteiger partial charge in [-0.1, -0.05) is 18.2 Å². The van der Waals surface area contributed by atoms with Crippen molar-refractivity contribution in [3.8, 4) is 11.1 Å². The molecule has 224 valence electrons. The molecule has 0 bridgehead atoms. The number of nitrogens with one attached hydrogen (secondary N) is 2. The number of anilines is 4. The number of nitrogens with zero attached hydrogens (tertiary/aromatic N) is 4. The Kier molecular flexibility index (Phi) is 8.36. The third kappa shape index (κ3) is 6.46. The number of benzene rings is 2. The number of carbonyl (C=O) groups excluding carboxylic acids is 1. The zero-order chi connectivity index (χ0) is 30.9. The predicted molar refractivity (Wildman–Crippen MR) is 168 cm³/mol. The first-order chi connectivity index (χ1) is 20.4. The van der Waals surface area contributed by atoms with E-state index >= 15 is 0 Å². The minimum absolute atomic E-state index is 0.103. The average Bonchev–Trinajstić information content (AvgIpc) is 2.98. The summed E-state index contributed by atoms with van der Waals surface area (Å²) < 4.78 is 26.6. The molecule has 5 rings (SSSR count).